The van der Waals surface area contributed by atoms with Crippen molar-refractivity contribution in [3.8, 4) is 5.69 Å². The van der Waals surface area contributed by atoms with Gasteiger partial charge in [-0.3, -0.25) is 0 Å². The lowest BCUT2D eigenvalue weighted by Crippen LogP contribution is -2.26. The van der Waals surface area contributed by atoms with E-state index in [2.05, 4.69) is 90.8 Å². The predicted molar refractivity (Wildman–Crippen MR) is 119 cm³/mol. The van der Waals surface area contributed by atoms with Crippen LogP contribution in [0.3, 0.4) is 0 Å². The fourth-order valence-electron chi connectivity index (χ4n) is 2.88. The summed E-state index contributed by atoms with van der Waals surface area (Å²) < 4.78 is 1.87. The SMILES string of the molecule is CS/C(=C\NNCc1ccc(C(C)C)cc1)Cc1ccc(-n2cccn2)cc1. The van der Waals surface area contributed by atoms with Crippen LogP contribution in [-0.4, -0.2) is 16.0 Å². The van der Waals surface area contributed by atoms with Crippen molar-refractivity contribution in [2.24, 2.45) is 0 Å². The lowest BCUT2D eigenvalue weighted by atomic mass is 10.0. The molecule has 1 heterocycles. The molecule has 0 amide bonds. The van der Waals surface area contributed by atoms with Crippen LogP contribution in [0.2, 0.25) is 0 Å². The van der Waals surface area contributed by atoms with Crippen molar-refractivity contribution in [3.63, 3.8) is 0 Å². The Kier molecular flexibility index (Phi) is 7.34. The molecule has 0 aliphatic rings. The molecule has 0 aliphatic carbocycles. The van der Waals surface area contributed by atoms with E-state index in [1.165, 1.54) is 21.6 Å². The zero-order valence-corrected chi connectivity index (χ0v) is 17.5. The van der Waals surface area contributed by atoms with Gasteiger partial charge in [0.1, 0.15) is 0 Å². The van der Waals surface area contributed by atoms with Crippen LogP contribution in [0.1, 0.15) is 36.5 Å². The van der Waals surface area contributed by atoms with Crippen LogP contribution >= 0.6 is 11.8 Å². The number of rotatable bonds is 9. The fraction of sp³-hybridized carbons (Fsp3) is 0.261. The second-order valence-corrected chi connectivity index (χ2v) is 7.94. The summed E-state index contributed by atoms with van der Waals surface area (Å²) in [5.74, 6) is 0.570. The van der Waals surface area contributed by atoms with Gasteiger partial charge in [-0.1, -0.05) is 50.2 Å². The van der Waals surface area contributed by atoms with Gasteiger partial charge in [0.2, 0.25) is 0 Å². The predicted octanol–water partition coefficient (Wildman–Crippen LogP) is 5.04. The van der Waals surface area contributed by atoms with Crippen LogP contribution in [-0.2, 0) is 13.0 Å². The van der Waals surface area contributed by atoms with Gasteiger partial charge < -0.3 is 5.43 Å². The molecule has 0 unspecified atom stereocenters. The number of hydrogen-bond acceptors (Lipinski definition) is 4. The molecule has 1 aromatic heterocycles. The number of aromatic nitrogens is 2. The minimum Gasteiger partial charge on any atom is -0.328 e. The van der Waals surface area contributed by atoms with E-state index >= 15 is 0 Å². The first kappa shape index (κ1) is 20.2. The third kappa shape index (κ3) is 5.75. The van der Waals surface area contributed by atoms with Crippen LogP contribution in [0.25, 0.3) is 5.69 Å². The van der Waals surface area contributed by atoms with E-state index in [1.54, 1.807) is 18.0 Å². The molecule has 4 nitrogen and oxygen atoms in total. The van der Waals surface area contributed by atoms with E-state index in [1.807, 2.05) is 16.9 Å². The molecule has 2 aromatic carbocycles. The smallest absolute Gasteiger partial charge is 0.0645 e. The van der Waals surface area contributed by atoms with Gasteiger partial charge in [0, 0.05) is 36.5 Å². The molecule has 0 radical (unpaired) electrons. The van der Waals surface area contributed by atoms with E-state index in [4.69, 9.17) is 0 Å². The van der Waals surface area contributed by atoms with Crippen molar-refractivity contribution in [3.05, 3.63) is 94.8 Å². The van der Waals surface area contributed by atoms with Crippen molar-refractivity contribution in [2.75, 3.05) is 6.26 Å². The standard InChI is InChI=1S/C23H28N4S/c1-18(2)21-9-5-20(6-10-21)16-24-25-17-23(28-3)15-19-7-11-22(12-8-19)27-14-4-13-26-27/h4-14,17-18,24-25H,15-16H2,1-3H3/b23-17-. The molecule has 0 fully saturated rings. The van der Waals surface area contributed by atoms with Crippen LogP contribution in [0.15, 0.2) is 78.1 Å². The van der Waals surface area contributed by atoms with Crippen molar-refractivity contribution >= 4 is 11.8 Å². The molecule has 0 spiro atoms. The molecule has 0 atom stereocenters. The lowest BCUT2D eigenvalue weighted by Gasteiger charge is -2.10. The Morgan fingerprint density at radius 2 is 1.79 bits per heavy atom. The molecule has 28 heavy (non-hydrogen) atoms. The Morgan fingerprint density at radius 1 is 1.07 bits per heavy atom. The fourth-order valence-corrected chi connectivity index (χ4v) is 3.36. The van der Waals surface area contributed by atoms with Gasteiger partial charge in [-0.05, 0) is 47.1 Å². The van der Waals surface area contributed by atoms with Gasteiger partial charge in [0.25, 0.3) is 0 Å². The maximum Gasteiger partial charge on any atom is 0.0645 e. The Hall–Kier alpha value is -2.50. The number of benzene rings is 2. The van der Waals surface area contributed by atoms with Crippen molar-refractivity contribution < 1.29 is 0 Å². The van der Waals surface area contributed by atoms with E-state index in [-0.39, 0.29) is 0 Å². The topological polar surface area (TPSA) is 41.9 Å². The summed E-state index contributed by atoms with van der Waals surface area (Å²) in [4.78, 5) is 1.27. The van der Waals surface area contributed by atoms with Gasteiger partial charge in [0.15, 0.2) is 0 Å². The van der Waals surface area contributed by atoms with Crippen LogP contribution in [0.5, 0.6) is 0 Å². The second-order valence-electron chi connectivity index (χ2n) is 7.00. The quantitative estimate of drug-likeness (QED) is 0.396. The van der Waals surface area contributed by atoms with Crippen molar-refractivity contribution in [1.29, 1.82) is 0 Å². The normalized spacial score (nSPS) is 11.8. The summed E-state index contributed by atoms with van der Waals surface area (Å²) in [5.41, 5.74) is 11.5. The molecule has 0 bridgehead atoms. The van der Waals surface area contributed by atoms with Gasteiger partial charge in [-0.2, -0.15) is 5.10 Å². The zero-order chi connectivity index (χ0) is 19.8. The maximum atomic E-state index is 4.26. The first-order valence-corrected chi connectivity index (χ1v) is 10.8. The molecular weight excluding hydrogens is 364 g/mol. The van der Waals surface area contributed by atoms with Crippen LogP contribution < -0.4 is 10.9 Å². The Morgan fingerprint density at radius 3 is 2.39 bits per heavy atom. The molecule has 0 aliphatic heterocycles. The van der Waals surface area contributed by atoms with E-state index in [0.717, 1.165) is 18.7 Å². The summed E-state index contributed by atoms with van der Waals surface area (Å²) in [7, 11) is 0. The van der Waals surface area contributed by atoms with Crippen LogP contribution in [0, 0.1) is 0 Å². The van der Waals surface area contributed by atoms with Crippen LogP contribution in [0.4, 0.5) is 0 Å². The first-order chi connectivity index (χ1) is 13.7. The molecule has 146 valence electrons. The molecule has 3 rings (SSSR count). The van der Waals surface area contributed by atoms with Crippen molar-refractivity contribution in [1.82, 2.24) is 20.6 Å². The molecular formula is C23H28N4S. The number of nitrogens with one attached hydrogen (secondary N) is 2. The van der Waals surface area contributed by atoms with E-state index in [9.17, 15) is 0 Å². The second kappa shape index (κ2) is 10.2. The van der Waals surface area contributed by atoms with E-state index < -0.39 is 0 Å². The zero-order valence-electron chi connectivity index (χ0n) is 16.7. The molecule has 2 N–H and O–H groups in total. The third-order valence-electron chi connectivity index (χ3n) is 4.62. The monoisotopic (exact) mass is 392 g/mol. The largest absolute Gasteiger partial charge is 0.328 e. The molecule has 3 aromatic rings. The van der Waals surface area contributed by atoms with Gasteiger partial charge in [-0.25, -0.2) is 10.1 Å². The summed E-state index contributed by atoms with van der Waals surface area (Å²) in [6.07, 6.45) is 8.80. The summed E-state index contributed by atoms with van der Waals surface area (Å²) in [6.45, 7) is 5.22. The molecule has 0 saturated carbocycles. The van der Waals surface area contributed by atoms with Crippen molar-refractivity contribution in [2.45, 2.75) is 32.7 Å². The highest BCUT2D eigenvalue weighted by atomic mass is 32.2. The molecule has 5 heteroatoms. The number of thioether (sulfide) groups is 1. The Labute approximate surface area is 172 Å². The highest BCUT2D eigenvalue weighted by molar-refractivity contribution is 8.02. The minimum absolute atomic E-state index is 0.570. The summed E-state index contributed by atoms with van der Waals surface area (Å²) in [6, 6.07) is 19.2. The number of nitrogens with zero attached hydrogens (tertiary/aromatic N) is 2. The maximum absolute atomic E-state index is 4.26. The highest BCUT2D eigenvalue weighted by Crippen LogP contribution is 2.18. The molecule has 0 saturated heterocycles. The highest BCUT2D eigenvalue weighted by Gasteiger charge is 2.02. The van der Waals surface area contributed by atoms with Gasteiger partial charge in [-0.15, -0.1) is 11.8 Å². The summed E-state index contributed by atoms with van der Waals surface area (Å²) >= 11 is 1.76. The summed E-state index contributed by atoms with van der Waals surface area (Å²) in [5, 5.41) is 4.26. The van der Waals surface area contributed by atoms with Gasteiger partial charge >= 0.3 is 0 Å². The number of hydrogen-bond donors (Lipinski definition) is 2. The first-order valence-electron chi connectivity index (χ1n) is 9.55. The Balaban J connectivity index is 1.49. The number of hydrazine groups is 1. The third-order valence-corrected chi connectivity index (χ3v) is 5.41. The van der Waals surface area contributed by atoms with Gasteiger partial charge in [0.05, 0.1) is 5.69 Å². The lowest BCUT2D eigenvalue weighted by molar-refractivity contribution is 0.624. The van der Waals surface area contributed by atoms with E-state index in [0.29, 0.717) is 5.92 Å². The average molecular weight is 393 g/mol. The average Bonchev–Trinajstić information content (AvgIpc) is 3.26. The Bertz CT molecular complexity index is 866. The number of allylic oxidation sites excluding steroid dienone is 1. The minimum atomic E-state index is 0.570.